The Bertz CT molecular complexity index is 550. The molecule has 20 heavy (non-hydrogen) atoms. The molecule has 0 saturated carbocycles. The zero-order chi connectivity index (χ0) is 14.6. The van der Waals surface area contributed by atoms with Crippen molar-refractivity contribution in [1.82, 2.24) is 0 Å². The Labute approximate surface area is 122 Å². The zero-order valence-electron chi connectivity index (χ0n) is 12.6. The highest BCUT2D eigenvalue weighted by molar-refractivity contribution is 5.54. The molecule has 0 aliphatic rings. The Morgan fingerprint density at radius 3 is 2.10 bits per heavy atom. The van der Waals surface area contributed by atoms with Crippen molar-refractivity contribution in [3.05, 3.63) is 65.2 Å². The minimum absolute atomic E-state index is 0.146. The van der Waals surface area contributed by atoms with Crippen LogP contribution in [0.15, 0.2) is 48.5 Å². The maximum atomic E-state index is 5.62. The predicted octanol–water partition coefficient (Wildman–Crippen LogP) is 4.05. The molecule has 0 aliphatic carbocycles. The number of hydrogen-bond donors (Lipinski definition) is 2. The lowest BCUT2D eigenvalue weighted by molar-refractivity contribution is 0.591. The molecule has 0 aromatic heterocycles. The van der Waals surface area contributed by atoms with Crippen LogP contribution in [-0.4, -0.2) is 0 Å². The molecule has 2 aromatic carbocycles. The van der Waals surface area contributed by atoms with E-state index in [4.69, 9.17) is 5.73 Å². The van der Waals surface area contributed by atoms with Gasteiger partial charge >= 0.3 is 0 Å². The number of benzene rings is 2. The van der Waals surface area contributed by atoms with Gasteiger partial charge in [-0.1, -0.05) is 63.2 Å². The molecule has 0 spiro atoms. The van der Waals surface area contributed by atoms with Gasteiger partial charge < -0.3 is 11.1 Å². The maximum absolute atomic E-state index is 5.62. The predicted molar refractivity (Wildman–Crippen MR) is 86.8 cm³/mol. The molecule has 0 atom stereocenters. The average Bonchev–Trinajstić information content (AvgIpc) is 2.45. The Kier molecular flexibility index (Phi) is 4.46. The van der Waals surface area contributed by atoms with Crippen LogP contribution in [0.25, 0.3) is 0 Å². The number of nitrogens with one attached hydrogen (secondary N) is 1. The van der Waals surface area contributed by atoms with Gasteiger partial charge in [0.2, 0.25) is 0 Å². The monoisotopic (exact) mass is 268 g/mol. The topological polar surface area (TPSA) is 38.0 Å². The first-order valence-corrected chi connectivity index (χ1v) is 7.12. The van der Waals surface area contributed by atoms with Crippen LogP contribution in [0.4, 0.5) is 5.69 Å². The SMILES string of the molecule is CC(C)(C)c1ccccc1NCc1ccc(CN)cc1. The van der Waals surface area contributed by atoms with Crippen molar-refractivity contribution in [2.45, 2.75) is 39.3 Å². The summed E-state index contributed by atoms with van der Waals surface area (Å²) in [4.78, 5) is 0. The summed E-state index contributed by atoms with van der Waals surface area (Å²) < 4.78 is 0. The van der Waals surface area contributed by atoms with E-state index >= 15 is 0 Å². The smallest absolute Gasteiger partial charge is 0.0400 e. The molecule has 0 heterocycles. The molecule has 0 unspecified atom stereocenters. The first-order chi connectivity index (χ1) is 9.50. The van der Waals surface area contributed by atoms with Gasteiger partial charge in [0.25, 0.3) is 0 Å². The molecule has 0 fully saturated rings. The second-order valence-electron chi connectivity index (χ2n) is 6.17. The van der Waals surface area contributed by atoms with Gasteiger partial charge in [0.1, 0.15) is 0 Å². The number of hydrogen-bond acceptors (Lipinski definition) is 2. The van der Waals surface area contributed by atoms with Crippen molar-refractivity contribution in [3.63, 3.8) is 0 Å². The molecular formula is C18H24N2. The molecule has 2 nitrogen and oxygen atoms in total. The van der Waals surface area contributed by atoms with Gasteiger partial charge in [0.05, 0.1) is 0 Å². The summed E-state index contributed by atoms with van der Waals surface area (Å²) in [6.45, 7) is 8.15. The third kappa shape index (κ3) is 3.61. The van der Waals surface area contributed by atoms with Crippen LogP contribution in [0.3, 0.4) is 0 Å². The third-order valence-electron chi connectivity index (χ3n) is 3.48. The van der Waals surface area contributed by atoms with Crippen molar-refractivity contribution < 1.29 is 0 Å². The molecule has 106 valence electrons. The largest absolute Gasteiger partial charge is 0.381 e. The van der Waals surface area contributed by atoms with Crippen LogP contribution < -0.4 is 11.1 Å². The van der Waals surface area contributed by atoms with Gasteiger partial charge in [-0.15, -0.1) is 0 Å². The lowest BCUT2D eigenvalue weighted by atomic mass is 9.86. The van der Waals surface area contributed by atoms with Crippen LogP contribution in [0.5, 0.6) is 0 Å². The van der Waals surface area contributed by atoms with Crippen LogP contribution >= 0.6 is 0 Å². The van der Waals surface area contributed by atoms with E-state index in [2.05, 4.69) is 74.6 Å². The summed E-state index contributed by atoms with van der Waals surface area (Å²) >= 11 is 0. The van der Waals surface area contributed by atoms with Crippen LogP contribution in [0.2, 0.25) is 0 Å². The fraction of sp³-hybridized carbons (Fsp3) is 0.333. The highest BCUT2D eigenvalue weighted by Crippen LogP contribution is 2.29. The van der Waals surface area contributed by atoms with Crippen molar-refractivity contribution in [2.75, 3.05) is 5.32 Å². The molecule has 0 saturated heterocycles. The lowest BCUT2D eigenvalue weighted by Gasteiger charge is -2.23. The lowest BCUT2D eigenvalue weighted by Crippen LogP contribution is -2.14. The van der Waals surface area contributed by atoms with Crippen molar-refractivity contribution >= 4 is 5.69 Å². The first kappa shape index (κ1) is 14.6. The van der Waals surface area contributed by atoms with E-state index in [0.29, 0.717) is 6.54 Å². The molecule has 2 rings (SSSR count). The quantitative estimate of drug-likeness (QED) is 0.877. The molecule has 0 aliphatic heterocycles. The van der Waals surface area contributed by atoms with Gasteiger partial charge in [0, 0.05) is 18.8 Å². The Morgan fingerprint density at radius 1 is 0.900 bits per heavy atom. The van der Waals surface area contributed by atoms with Gasteiger partial charge in [0.15, 0.2) is 0 Å². The summed E-state index contributed by atoms with van der Waals surface area (Å²) in [5.74, 6) is 0. The van der Waals surface area contributed by atoms with Crippen LogP contribution in [-0.2, 0) is 18.5 Å². The highest BCUT2D eigenvalue weighted by atomic mass is 14.9. The number of anilines is 1. The fourth-order valence-corrected chi connectivity index (χ4v) is 2.28. The summed E-state index contributed by atoms with van der Waals surface area (Å²) in [6.07, 6.45) is 0. The Balaban J connectivity index is 2.10. The van der Waals surface area contributed by atoms with E-state index < -0.39 is 0 Å². The van der Waals surface area contributed by atoms with E-state index in [1.165, 1.54) is 22.4 Å². The molecule has 3 N–H and O–H groups in total. The average molecular weight is 268 g/mol. The minimum Gasteiger partial charge on any atom is -0.381 e. The van der Waals surface area contributed by atoms with Crippen molar-refractivity contribution in [3.8, 4) is 0 Å². The van der Waals surface area contributed by atoms with Crippen molar-refractivity contribution in [2.24, 2.45) is 5.73 Å². The number of para-hydroxylation sites is 1. The second kappa shape index (κ2) is 6.10. The van der Waals surface area contributed by atoms with Gasteiger partial charge in [-0.2, -0.15) is 0 Å². The molecular weight excluding hydrogens is 244 g/mol. The summed E-state index contributed by atoms with van der Waals surface area (Å²) in [5, 5.41) is 3.54. The zero-order valence-corrected chi connectivity index (χ0v) is 12.6. The summed E-state index contributed by atoms with van der Waals surface area (Å²) in [7, 11) is 0. The number of rotatable bonds is 4. The normalized spacial score (nSPS) is 11.4. The fourth-order valence-electron chi connectivity index (χ4n) is 2.28. The summed E-state index contributed by atoms with van der Waals surface area (Å²) in [6, 6.07) is 17.0. The second-order valence-corrected chi connectivity index (χ2v) is 6.17. The van der Waals surface area contributed by atoms with Gasteiger partial charge in [-0.3, -0.25) is 0 Å². The number of nitrogens with two attached hydrogens (primary N) is 1. The van der Waals surface area contributed by atoms with E-state index in [-0.39, 0.29) is 5.41 Å². The first-order valence-electron chi connectivity index (χ1n) is 7.12. The molecule has 2 heteroatoms. The highest BCUT2D eigenvalue weighted by Gasteiger charge is 2.16. The van der Waals surface area contributed by atoms with Gasteiger partial charge in [-0.25, -0.2) is 0 Å². The molecule has 0 radical (unpaired) electrons. The molecule has 0 amide bonds. The van der Waals surface area contributed by atoms with Gasteiger partial charge in [-0.05, 0) is 28.2 Å². The van der Waals surface area contributed by atoms with Crippen LogP contribution in [0, 0.1) is 0 Å². The maximum Gasteiger partial charge on any atom is 0.0400 e. The van der Waals surface area contributed by atoms with E-state index in [0.717, 1.165) is 6.54 Å². The molecule has 0 bridgehead atoms. The van der Waals surface area contributed by atoms with E-state index in [1.807, 2.05) is 0 Å². The molecule has 2 aromatic rings. The Hall–Kier alpha value is -1.80. The Morgan fingerprint density at radius 2 is 1.50 bits per heavy atom. The third-order valence-corrected chi connectivity index (χ3v) is 3.48. The standard InChI is InChI=1S/C18H24N2/c1-18(2,3)16-6-4-5-7-17(16)20-13-15-10-8-14(12-19)9-11-15/h4-11,20H,12-13,19H2,1-3H3. The summed E-state index contributed by atoms with van der Waals surface area (Å²) in [5.41, 5.74) is 10.8. The van der Waals surface area contributed by atoms with E-state index in [9.17, 15) is 0 Å². The van der Waals surface area contributed by atoms with Crippen molar-refractivity contribution in [1.29, 1.82) is 0 Å². The van der Waals surface area contributed by atoms with Crippen LogP contribution in [0.1, 0.15) is 37.5 Å². The minimum atomic E-state index is 0.146. The van der Waals surface area contributed by atoms with E-state index in [1.54, 1.807) is 0 Å².